The summed E-state index contributed by atoms with van der Waals surface area (Å²) in [6, 6.07) is 4.94. The minimum absolute atomic E-state index is 0.327. The van der Waals surface area contributed by atoms with Gasteiger partial charge in [-0.3, -0.25) is 4.79 Å². The van der Waals surface area contributed by atoms with Gasteiger partial charge in [-0.1, -0.05) is 0 Å². The Kier molecular flexibility index (Phi) is 3.77. The zero-order valence-corrected chi connectivity index (χ0v) is 8.80. The predicted octanol–water partition coefficient (Wildman–Crippen LogP) is 2.47. The summed E-state index contributed by atoms with van der Waals surface area (Å²) >= 11 is 5.40. The summed E-state index contributed by atoms with van der Waals surface area (Å²) in [5, 5.41) is -0.549. The maximum absolute atomic E-state index is 11.0. The van der Waals surface area contributed by atoms with Gasteiger partial charge in [0.1, 0.15) is 11.5 Å². The molecule has 4 heteroatoms. The minimum Gasteiger partial charge on any atom is -0.497 e. The van der Waals surface area contributed by atoms with Crippen LogP contribution in [-0.2, 0) is 0 Å². The number of rotatable bonds is 4. The number of hydrogen-bond donors (Lipinski definition) is 0. The maximum atomic E-state index is 11.0. The highest BCUT2D eigenvalue weighted by Gasteiger charge is 2.11. The molecule has 0 aliphatic heterocycles. The lowest BCUT2D eigenvalue weighted by atomic mass is 10.2. The van der Waals surface area contributed by atoms with Gasteiger partial charge in [0.15, 0.2) is 0 Å². The average Bonchev–Trinajstić information content (AvgIpc) is 2.18. The van der Waals surface area contributed by atoms with E-state index in [1.165, 1.54) is 7.11 Å². The van der Waals surface area contributed by atoms with Crippen LogP contribution >= 0.6 is 11.6 Å². The molecule has 0 aliphatic carbocycles. The second kappa shape index (κ2) is 4.86. The summed E-state index contributed by atoms with van der Waals surface area (Å²) in [5.74, 6) is 1.06. The lowest BCUT2D eigenvalue weighted by Crippen LogP contribution is -1.99. The number of ether oxygens (including phenoxy) is 2. The van der Waals surface area contributed by atoms with Gasteiger partial charge in [-0.05, 0) is 36.7 Å². The first-order chi connectivity index (χ1) is 6.69. The fourth-order valence-electron chi connectivity index (χ4n) is 1.07. The molecule has 0 bridgehead atoms. The fourth-order valence-corrected chi connectivity index (χ4v) is 1.22. The quantitative estimate of drug-likeness (QED) is 0.723. The normalized spacial score (nSPS) is 9.64. The molecule has 0 radical (unpaired) electrons. The topological polar surface area (TPSA) is 35.5 Å². The van der Waals surface area contributed by atoms with Gasteiger partial charge in [-0.2, -0.15) is 0 Å². The van der Waals surface area contributed by atoms with Crippen molar-refractivity contribution in [3.05, 3.63) is 23.8 Å². The van der Waals surface area contributed by atoms with Crippen molar-refractivity contribution in [2.24, 2.45) is 0 Å². The van der Waals surface area contributed by atoms with Crippen molar-refractivity contribution in [3.8, 4) is 11.5 Å². The lowest BCUT2D eigenvalue weighted by Gasteiger charge is -2.08. The summed E-state index contributed by atoms with van der Waals surface area (Å²) in [6.45, 7) is 2.33. The predicted molar refractivity (Wildman–Crippen MR) is 54.3 cm³/mol. The number of carbonyl (C=O) groups is 1. The molecule has 1 aromatic carbocycles. The Hall–Kier alpha value is -1.22. The van der Waals surface area contributed by atoms with Crippen molar-refractivity contribution >= 4 is 16.8 Å². The molecule has 0 unspecified atom stereocenters. The molecule has 0 saturated heterocycles. The summed E-state index contributed by atoms with van der Waals surface area (Å²) in [6.07, 6.45) is 0. The van der Waals surface area contributed by atoms with Crippen LogP contribution in [0.3, 0.4) is 0 Å². The van der Waals surface area contributed by atoms with Crippen molar-refractivity contribution < 1.29 is 14.3 Å². The summed E-state index contributed by atoms with van der Waals surface area (Å²) < 4.78 is 10.2. The van der Waals surface area contributed by atoms with E-state index >= 15 is 0 Å². The molecule has 76 valence electrons. The second-order valence-electron chi connectivity index (χ2n) is 2.57. The van der Waals surface area contributed by atoms with Gasteiger partial charge in [-0.25, -0.2) is 0 Å². The number of carbonyl (C=O) groups excluding carboxylic acids is 1. The van der Waals surface area contributed by atoms with Crippen LogP contribution in [0.1, 0.15) is 17.3 Å². The molecule has 3 nitrogen and oxygen atoms in total. The Morgan fingerprint density at radius 2 is 2.21 bits per heavy atom. The van der Waals surface area contributed by atoms with E-state index in [1.807, 2.05) is 6.92 Å². The van der Waals surface area contributed by atoms with E-state index in [2.05, 4.69) is 0 Å². The Labute approximate surface area is 87.6 Å². The van der Waals surface area contributed by atoms with Crippen molar-refractivity contribution in [2.45, 2.75) is 6.92 Å². The largest absolute Gasteiger partial charge is 0.497 e. The van der Waals surface area contributed by atoms with Crippen LogP contribution in [0.2, 0.25) is 0 Å². The maximum Gasteiger partial charge on any atom is 0.256 e. The van der Waals surface area contributed by atoms with Crippen molar-refractivity contribution in [1.29, 1.82) is 0 Å². The van der Waals surface area contributed by atoms with Gasteiger partial charge in [-0.15, -0.1) is 0 Å². The van der Waals surface area contributed by atoms with Crippen molar-refractivity contribution in [2.75, 3.05) is 13.7 Å². The fraction of sp³-hybridized carbons (Fsp3) is 0.300. The van der Waals surface area contributed by atoms with Crippen molar-refractivity contribution in [1.82, 2.24) is 0 Å². The first-order valence-corrected chi connectivity index (χ1v) is 4.57. The first kappa shape index (κ1) is 10.9. The highest BCUT2D eigenvalue weighted by atomic mass is 35.5. The van der Waals surface area contributed by atoms with Crippen LogP contribution in [0.4, 0.5) is 0 Å². The monoisotopic (exact) mass is 214 g/mol. The molecule has 0 aromatic heterocycles. The van der Waals surface area contributed by atoms with Crippen LogP contribution in [0, 0.1) is 0 Å². The van der Waals surface area contributed by atoms with Gasteiger partial charge in [0, 0.05) is 0 Å². The van der Waals surface area contributed by atoms with Crippen LogP contribution < -0.4 is 9.47 Å². The van der Waals surface area contributed by atoms with Gasteiger partial charge in [0.25, 0.3) is 5.24 Å². The SMILES string of the molecule is CCOc1ccc(OC)cc1C(=O)Cl. The molecule has 1 aromatic rings. The zero-order valence-electron chi connectivity index (χ0n) is 8.04. The molecule has 0 spiro atoms. The highest BCUT2D eigenvalue weighted by molar-refractivity contribution is 6.68. The van der Waals surface area contributed by atoms with E-state index in [1.54, 1.807) is 18.2 Å². The molecule has 1 rings (SSSR count). The zero-order chi connectivity index (χ0) is 10.6. The molecule has 0 amide bonds. The molecule has 14 heavy (non-hydrogen) atoms. The standard InChI is InChI=1S/C10H11ClO3/c1-3-14-9-5-4-7(13-2)6-8(9)10(11)12/h4-6H,3H2,1-2H3. The van der Waals surface area contributed by atoms with Gasteiger partial charge in [0.2, 0.25) is 0 Å². The molecule has 0 aliphatic rings. The summed E-state index contributed by atoms with van der Waals surface area (Å²) in [7, 11) is 1.53. The number of benzene rings is 1. The average molecular weight is 215 g/mol. The third kappa shape index (κ3) is 2.39. The second-order valence-corrected chi connectivity index (χ2v) is 2.91. The van der Waals surface area contributed by atoms with Crippen LogP contribution in [0.5, 0.6) is 11.5 Å². The molecule has 0 saturated carbocycles. The molecule has 0 heterocycles. The number of hydrogen-bond acceptors (Lipinski definition) is 3. The van der Waals surface area contributed by atoms with Crippen LogP contribution in [0.15, 0.2) is 18.2 Å². The molecule has 0 N–H and O–H groups in total. The molecule has 0 fully saturated rings. The lowest BCUT2D eigenvalue weighted by molar-refractivity contribution is 0.107. The van der Waals surface area contributed by atoms with Crippen LogP contribution in [-0.4, -0.2) is 19.0 Å². The van der Waals surface area contributed by atoms with Gasteiger partial charge in [0.05, 0.1) is 19.3 Å². The Morgan fingerprint density at radius 3 is 2.71 bits per heavy atom. The minimum atomic E-state index is -0.549. The third-order valence-corrected chi connectivity index (χ3v) is 1.90. The summed E-state index contributed by atoms with van der Waals surface area (Å²) in [5.41, 5.74) is 0.327. The first-order valence-electron chi connectivity index (χ1n) is 4.19. The molecule has 0 atom stereocenters. The van der Waals surface area contributed by atoms with Gasteiger partial charge < -0.3 is 9.47 Å². The Bertz CT molecular complexity index is 336. The highest BCUT2D eigenvalue weighted by Crippen LogP contribution is 2.25. The van der Waals surface area contributed by atoms with Gasteiger partial charge >= 0.3 is 0 Å². The number of methoxy groups -OCH3 is 1. The van der Waals surface area contributed by atoms with E-state index in [9.17, 15) is 4.79 Å². The number of halogens is 1. The van der Waals surface area contributed by atoms with E-state index < -0.39 is 5.24 Å². The van der Waals surface area contributed by atoms with E-state index in [4.69, 9.17) is 21.1 Å². The van der Waals surface area contributed by atoms with Crippen molar-refractivity contribution in [3.63, 3.8) is 0 Å². The molecular formula is C10H11ClO3. The smallest absolute Gasteiger partial charge is 0.256 e. The van der Waals surface area contributed by atoms with E-state index in [0.717, 1.165) is 0 Å². The Morgan fingerprint density at radius 1 is 1.50 bits per heavy atom. The molecular weight excluding hydrogens is 204 g/mol. The summed E-state index contributed by atoms with van der Waals surface area (Å²) in [4.78, 5) is 11.0. The van der Waals surface area contributed by atoms with Crippen LogP contribution in [0.25, 0.3) is 0 Å². The Balaban J connectivity index is 3.10. The van der Waals surface area contributed by atoms with E-state index in [0.29, 0.717) is 23.7 Å². The van der Waals surface area contributed by atoms with E-state index in [-0.39, 0.29) is 0 Å². The third-order valence-electron chi connectivity index (χ3n) is 1.70.